The predicted octanol–water partition coefficient (Wildman–Crippen LogP) is 0.626. The summed E-state index contributed by atoms with van der Waals surface area (Å²) in [6, 6.07) is 5.96. The van der Waals surface area contributed by atoms with Gasteiger partial charge in [0.1, 0.15) is 5.82 Å². The van der Waals surface area contributed by atoms with Crippen molar-refractivity contribution in [1.82, 2.24) is 20.4 Å². The lowest BCUT2D eigenvalue weighted by molar-refractivity contribution is 0.0950. The van der Waals surface area contributed by atoms with Gasteiger partial charge in [-0.1, -0.05) is 0 Å². The van der Waals surface area contributed by atoms with Crippen LogP contribution in [0.1, 0.15) is 30.3 Å². The summed E-state index contributed by atoms with van der Waals surface area (Å²) in [6.45, 7) is 4.75. The molecular formula is C14H20N6O. The minimum Gasteiger partial charge on any atom is -0.366 e. The molecule has 0 bridgehead atoms. The van der Waals surface area contributed by atoms with Crippen molar-refractivity contribution in [3.8, 4) is 6.07 Å². The molecule has 0 atom stereocenters. The smallest absolute Gasteiger partial charge is 0.271 e. The second kappa shape index (κ2) is 7.55. The quantitative estimate of drug-likeness (QED) is 0.772. The van der Waals surface area contributed by atoms with Crippen LogP contribution in [-0.4, -0.2) is 53.2 Å². The van der Waals surface area contributed by atoms with Crippen LogP contribution in [0.5, 0.6) is 0 Å². The van der Waals surface area contributed by atoms with Crippen molar-refractivity contribution in [2.75, 3.05) is 31.5 Å². The van der Waals surface area contributed by atoms with Gasteiger partial charge >= 0.3 is 0 Å². The summed E-state index contributed by atoms with van der Waals surface area (Å²) in [5.41, 5.74) is 0.325. The van der Waals surface area contributed by atoms with Gasteiger partial charge in [0, 0.05) is 25.7 Å². The average molecular weight is 288 g/mol. The van der Waals surface area contributed by atoms with E-state index < -0.39 is 0 Å². The summed E-state index contributed by atoms with van der Waals surface area (Å²) in [6.07, 6.45) is 1.95. The van der Waals surface area contributed by atoms with Crippen molar-refractivity contribution in [2.24, 2.45) is 0 Å². The molecule has 1 aliphatic heterocycles. The Hall–Kier alpha value is -2.20. The molecule has 0 spiro atoms. The van der Waals surface area contributed by atoms with E-state index in [1.807, 2.05) is 6.92 Å². The number of amides is 1. The second-order valence-corrected chi connectivity index (χ2v) is 5.02. The molecule has 21 heavy (non-hydrogen) atoms. The zero-order valence-electron chi connectivity index (χ0n) is 12.2. The first-order valence-corrected chi connectivity index (χ1v) is 7.20. The Morgan fingerprint density at radius 2 is 2.19 bits per heavy atom. The van der Waals surface area contributed by atoms with E-state index in [0.29, 0.717) is 30.6 Å². The Bertz CT molecular complexity index is 501. The van der Waals surface area contributed by atoms with Crippen molar-refractivity contribution in [2.45, 2.75) is 25.8 Å². The molecule has 1 aromatic heterocycles. The molecule has 1 saturated heterocycles. The van der Waals surface area contributed by atoms with E-state index in [9.17, 15) is 4.79 Å². The lowest BCUT2D eigenvalue weighted by atomic mass is 10.1. The number of carbonyl (C=O) groups excluding carboxylic acids is 1. The van der Waals surface area contributed by atoms with Crippen LogP contribution < -0.4 is 10.6 Å². The summed E-state index contributed by atoms with van der Waals surface area (Å²) < 4.78 is 0. The third kappa shape index (κ3) is 4.39. The van der Waals surface area contributed by atoms with Gasteiger partial charge in [-0.25, -0.2) is 0 Å². The van der Waals surface area contributed by atoms with Crippen molar-refractivity contribution >= 4 is 11.7 Å². The topological polar surface area (TPSA) is 93.9 Å². The third-order valence-electron chi connectivity index (χ3n) is 3.47. The van der Waals surface area contributed by atoms with Gasteiger partial charge in [0.05, 0.1) is 12.6 Å². The van der Waals surface area contributed by atoms with Gasteiger partial charge in [0.2, 0.25) is 0 Å². The zero-order valence-corrected chi connectivity index (χ0v) is 12.2. The van der Waals surface area contributed by atoms with Crippen molar-refractivity contribution < 1.29 is 4.79 Å². The van der Waals surface area contributed by atoms with E-state index in [-0.39, 0.29) is 5.91 Å². The summed E-state index contributed by atoms with van der Waals surface area (Å²) in [7, 11) is 0. The van der Waals surface area contributed by atoms with E-state index in [2.05, 4.69) is 31.8 Å². The highest BCUT2D eigenvalue weighted by Gasteiger charge is 2.19. The highest BCUT2D eigenvalue weighted by atomic mass is 16.1. The SMILES string of the molecule is CCNC(=O)c1ccc(NC2CCN(CC#N)CC2)nn1. The van der Waals surface area contributed by atoms with Crippen LogP contribution in [0.15, 0.2) is 12.1 Å². The van der Waals surface area contributed by atoms with E-state index in [1.165, 1.54) is 0 Å². The fourth-order valence-electron chi connectivity index (χ4n) is 2.33. The van der Waals surface area contributed by atoms with E-state index >= 15 is 0 Å². The second-order valence-electron chi connectivity index (χ2n) is 5.02. The number of hydrogen-bond donors (Lipinski definition) is 2. The lowest BCUT2D eigenvalue weighted by Crippen LogP contribution is -2.39. The predicted molar refractivity (Wildman–Crippen MR) is 78.7 cm³/mol. The minimum atomic E-state index is -0.207. The molecule has 0 aromatic carbocycles. The van der Waals surface area contributed by atoms with Crippen LogP contribution in [-0.2, 0) is 0 Å². The van der Waals surface area contributed by atoms with Crippen LogP contribution in [0, 0.1) is 11.3 Å². The molecule has 0 unspecified atom stereocenters. The van der Waals surface area contributed by atoms with Gasteiger partial charge in [-0.3, -0.25) is 9.69 Å². The van der Waals surface area contributed by atoms with Gasteiger partial charge in [-0.15, -0.1) is 10.2 Å². The Kier molecular flexibility index (Phi) is 5.46. The molecule has 0 radical (unpaired) electrons. The van der Waals surface area contributed by atoms with E-state index in [1.54, 1.807) is 12.1 Å². The fourth-order valence-corrected chi connectivity index (χ4v) is 2.33. The molecule has 2 N–H and O–H groups in total. The number of nitrogens with zero attached hydrogens (tertiary/aromatic N) is 4. The first-order chi connectivity index (χ1) is 10.2. The number of nitriles is 1. The molecule has 1 amide bonds. The van der Waals surface area contributed by atoms with Gasteiger partial charge < -0.3 is 10.6 Å². The minimum absolute atomic E-state index is 0.207. The number of hydrogen-bond acceptors (Lipinski definition) is 6. The van der Waals surface area contributed by atoms with Gasteiger partial charge in [0.15, 0.2) is 5.69 Å². The zero-order chi connectivity index (χ0) is 15.1. The molecule has 7 nitrogen and oxygen atoms in total. The summed E-state index contributed by atoms with van der Waals surface area (Å²) in [5.74, 6) is 0.475. The number of aromatic nitrogens is 2. The molecule has 2 heterocycles. The van der Waals surface area contributed by atoms with Crippen LogP contribution in [0.3, 0.4) is 0 Å². The van der Waals surface area contributed by atoms with Crippen LogP contribution in [0.2, 0.25) is 0 Å². The number of piperidine rings is 1. The van der Waals surface area contributed by atoms with E-state index in [0.717, 1.165) is 25.9 Å². The van der Waals surface area contributed by atoms with Crippen molar-refractivity contribution in [3.63, 3.8) is 0 Å². The molecule has 1 fully saturated rings. The van der Waals surface area contributed by atoms with Crippen LogP contribution in [0.4, 0.5) is 5.82 Å². The van der Waals surface area contributed by atoms with Crippen molar-refractivity contribution in [3.05, 3.63) is 17.8 Å². The van der Waals surface area contributed by atoms with Gasteiger partial charge in [0.25, 0.3) is 5.91 Å². The number of rotatable bonds is 5. The molecule has 7 heteroatoms. The van der Waals surface area contributed by atoms with E-state index in [4.69, 9.17) is 5.26 Å². The number of carbonyl (C=O) groups is 1. The number of likely N-dealkylation sites (tertiary alicyclic amines) is 1. The normalized spacial score (nSPS) is 16.2. The molecular weight excluding hydrogens is 268 g/mol. The van der Waals surface area contributed by atoms with Gasteiger partial charge in [-0.05, 0) is 31.9 Å². The average Bonchev–Trinajstić information content (AvgIpc) is 2.50. The molecule has 1 aliphatic rings. The van der Waals surface area contributed by atoms with Crippen LogP contribution >= 0.6 is 0 Å². The fraction of sp³-hybridized carbons (Fsp3) is 0.571. The maximum atomic E-state index is 11.6. The van der Waals surface area contributed by atoms with Crippen molar-refractivity contribution in [1.29, 1.82) is 5.26 Å². The Morgan fingerprint density at radius 1 is 1.43 bits per heavy atom. The third-order valence-corrected chi connectivity index (χ3v) is 3.47. The Balaban J connectivity index is 1.84. The maximum Gasteiger partial charge on any atom is 0.271 e. The lowest BCUT2D eigenvalue weighted by Gasteiger charge is -2.30. The first-order valence-electron chi connectivity index (χ1n) is 7.20. The Labute approximate surface area is 124 Å². The Morgan fingerprint density at radius 3 is 2.76 bits per heavy atom. The number of anilines is 1. The van der Waals surface area contributed by atoms with Gasteiger partial charge in [-0.2, -0.15) is 5.26 Å². The molecule has 112 valence electrons. The summed E-state index contributed by atoms with van der Waals surface area (Å²) in [5, 5.41) is 22.7. The largest absolute Gasteiger partial charge is 0.366 e. The maximum absolute atomic E-state index is 11.6. The summed E-state index contributed by atoms with van der Waals surface area (Å²) >= 11 is 0. The molecule has 0 saturated carbocycles. The standard InChI is InChI=1S/C14H20N6O/c1-2-16-14(21)12-3-4-13(19-18-12)17-11-5-8-20(9-6-11)10-7-15/h3-4,11H,2,5-6,8-10H2,1H3,(H,16,21)(H,17,19). The molecule has 1 aromatic rings. The first kappa shape index (κ1) is 15.2. The molecule has 2 rings (SSSR count). The highest BCUT2D eigenvalue weighted by Crippen LogP contribution is 2.14. The number of nitrogens with one attached hydrogen (secondary N) is 2. The van der Waals surface area contributed by atoms with Crippen LogP contribution in [0.25, 0.3) is 0 Å². The monoisotopic (exact) mass is 288 g/mol. The highest BCUT2D eigenvalue weighted by molar-refractivity contribution is 5.92. The molecule has 0 aliphatic carbocycles. The summed E-state index contributed by atoms with van der Waals surface area (Å²) in [4.78, 5) is 13.7.